The Kier molecular flexibility index (Phi) is 4.16. The second kappa shape index (κ2) is 6.51. The van der Waals surface area contributed by atoms with E-state index >= 15 is 0 Å². The molecular weight excluding hydrogens is 353 g/mol. The summed E-state index contributed by atoms with van der Waals surface area (Å²) in [4.78, 5) is 4.04. The van der Waals surface area contributed by atoms with Crippen molar-refractivity contribution >= 4 is 5.52 Å². The molecule has 3 aromatic heterocycles. The second-order valence-corrected chi connectivity index (χ2v) is 6.11. The fourth-order valence-corrected chi connectivity index (χ4v) is 3.03. The van der Waals surface area contributed by atoms with E-state index in [9.17, 15) is 13.2 Å². The van der Waals surface area contributed by atoms with E-state index in [0.29, 0.717) is 17.8 Å². The van der Waals surface area contributed by atoms with Crippen molar-refractivity contribution in [3.05, 3.63) is 78.2 Å². The van der Waals surface area contributed by atoms with Crippen LogP contribution in [0.15, 0.2) is 67.1 Å². The number of aromatic nitrogens is 3. The highest BCUT2D eigenvalue weighted by Crippen LogP contribution is 2.36. The van der Waals surface area contributed by atoms with Crippen LogP contribution in [-0.2, 0) is 12.7 Å². The maximum Gasteiger partial charge on any atom is 0.416 e. The molecule has 4 aromatic rings. The number of halogens is 3. The van der Waals surface area contributed by atoms with Crippen molar-refractivity contribution in [1.29, 1.82) is 0 Å². The smallest absolute Gasteiger partial charge is 0.326 e. The SMILES string of the molecule is NCc1ccc2c(-c3ccncc3)c(-c3ccc(C(F)(F)F)cc3)nn2c1. The average molecular weight is 368 g/mol. The third-order valence-corrected chi connectivity index (χ3v) is 4.38. The Morgan fingerprint density at radius 3 is 2.22 bits per heavy atom. The van der Waals surface area contributed by atoms with Crippen LogP contribution in [-0.4, -0.2) is 14.6 Å². The van der Waals surface area contributed by atoms with Gasteiger partial charge in [-0.3, -0.25) is 4.98 Å². The Balaban J connectivity index is 1.94. The minimum Gasteiger partial charge on any atom is -0.326 e. The lowest BCUT2D eigenvalue weighted by Gasteiger charge is -2.08. The molecule has 0 aliphatic rings. The molecule has 0 bridgehead atoms. The van der Waals surface area contributed by atoms with Crippen LogP contribution in [0.25, 0.3) is 27.9 Å². The fourth-order valence-electron chi connectivity index (χ4n) is 3.03. The Morgan fingerprint density at radius 2 is 1.59 bits per heavy atom. The molecule has 1 aromatic carbocycles. The molecule has 0 unspecified atom stereocenters. The summed E-state index contributed by atoms with van der Waals surface area (Å²) in [5.74, 6) is 0. The zero-order valence-corrected chi connectivity index (χ0v) is 14.1. The van der Waals surface area contributed by atoms with Gasteiger partial charge in [0.15, 0.2) is 0 Å². The van der Waals surface area contributed by atoms with Gasteiger partial charge in [-0.25, -0.2) is 4.52 Å². The first-order valence-electron chi connectivity index (χ1n) is 8.27. The first-order chi connectivity index (χ1) is 13.0. The zero-order valence-electron chi connectivity index (χ0n) is 14.1. The molecule has 0 amide bonds. The van der Waals surface area contributed by atoms with Crippen LogP contribution in [0.2, 0.25) is 0 Å². The summed E-state index contributed by atoms with van der Waals surface area (Å²) in [5.41, 5.74) is 9.69. The van der Waals surface area contributed by atoms with Crippen LogP contribution in [0.3, 0.4) is 0 Å². The van der Waals surface area contributed by atoms with E-state index in [-0.39, 0.29) is 0 Å². The van der Waals surface area contributed by atoms with Gasteiger partial charge in [-0.2, -0.15) is 18.3 Å². The third kappa shape index (κ3) is 3.17. The van der Waals surface area contributed by atoms with E-state index < -0.39 is 11.7 Å². The first-order valence-corrected chi connectivity index (χ1v) is 8.27. The number of benzene rings is 1. The van der Waals surface area contributed by atoms with Gasteiger partial charge in [0.1, 0.15) is 5.69 Å². The molecule has 0 aliphatic carbocycles. The van der Waals surface area contributed by atoms with E-state index in [2.05, 4.69) is 10.1 Å². The number of rotatable bonds is 3. The summed E-state index contributed by atoms with van der Waals surface area (Å²) in [5, 5.41) is 4.62. The zero-order chi connectivity index (χ0) is 19.0. The van der Waals surface area contributed by atoms with E-state index in [1.54, 1.807) is 16.9 Å². The van der Waals surface area contributed by atoms with Crippen molar-refractivity contribution in [1.82, 2.24) is 14.6 Å². The van der Waals surface area contributed by atoms with Crippen molar-refractivity contribution in [2.24, 2.45) is 5.73 Å². The summed E-state index contributed by atoms with van der Waals surface area (Å²) in [6.07, 6.45) is 0.794. The van der Waals surface area contributed by atoms with E-state index in [1.165, 1.54) is 12.1 Å². The maximum absolute atomic E-state index is 12.9. The summed E-state index contributed by atoms with van der Waals surface area (Å²) < 4.78 is 40.3. The fraction of sp³-hybridized carbons (Fsp3) is 0.100. The molecule has 3 heterocycles. The molecule has 27 heavy (non-hydrogen) atoms. The molecule has 4 nitrogen and oxygen atoms in total. The van der Waals surface area contributed by atoms with E-state index in [0.717, 1.165) is 34.3 Å². The number of fused-ring (bicyclic) bond motifs is 1. The molecule has 0 atom stereocenters. The predicted molar refractivity (Wildman–Crippen MR) is 96.8 cm³/mol. The van der Waals surface area contributed by atoms with Crippen LogP contribution in [0.5, 0.6) is 0 Å². The highest BCUT2D eigenvalue weighted by molar-refractivity contribution is 5.92. The molecular formula is C20H15F3N4. The Bertz CT molecular complexity index is 1080. The van der Waals surface area contributed by atoms with Gasteiger partial charge in [0.2, 0.25) is 0 Å². The average Bonchev–Trinajstić information content (AvgIpc) is 3.06. The van der Waals surface area contributed by atoms with Gasteiger partial charge >= 0.3 is 6.18 Å². The normalized spacial score (nSPS) is 11.9. The molecule has 0 radical (unpaired) electrons. The molecule has 7 heteroatoms. The van der Waals surface area contributed by atoms with E-state index in [1.807, 2.05) is 30.5 Å². The number of nitrogens with zero attached hydrogens (tertiary/aromatic N) is 3. The number of hydrogen-bond donors (Lipinski definition) is 1. The molecule has 0 aliphatic heterocycles. The second-order valence-electron chi connectivity index (χ2n) is 6.11. The van der Waals surface area contributed by atoms with Crippen molar-refractivity contribution in [3.8, 4) is 22.4 Å². The Morgan fingerprint density at radius 1 is 0.889 bits per heavy atom. The van der Waals surface area contributed by atoms with Gasteiger partial charge in [0.25, 0.3) is 0 Å². The minimum atomic E-state index is -4.37. The van der Waals surface area contributed by atoms with Gasteiger partial charge in [0.05, 0.1) is 11.1 Å². The summed E-state index contributed by atoms with van der Waals surface area (Å²) >= 11 is 0. The largest absolute Gasteiger partial charge is 0.416 e. The Hall–Kier alpha value is -3.19. The molecule has 4 rings (SSSR count). The topological polar surface area (TPSA) is 56.2 Å². The van der Waals surface area contributed by atoms with Crippen molar-refractivity contribution < 1.29 is 13.2 Å². The van der Waals surface area contributed by atoms with Crippen LogP contribution in [0.1, 0.15) is 11.1 Å². The number of hydrogen-bond acceptors (Lipinski definition) is 3. The number of pyridine rings is 2. The monoisotopic (exact) mass is 368 g/mol. The third-order valence-electron chi connectivity index (χ3n) is 4.38. The summed E-state index contributed by atoms with van der Waals surface area (Å²) in [7, 11) is 0. The standard InChI is InChI=1S/C20H15F3N4/c21-20(22,23)16-4-2-15(3-5-16)19-18(14-7-9-25-10-8-14)17-6-1-13(11-24)12-27(17)26-19/h1-10,12H,11,24H2. The highest BCUT2D eigenvalue weighted by Gasteiger charge is 2.30. The summed E-state index contributed by atoms with van der Waals surface area (Å²) in [6, 6.07) is 12.6. The Labute approximate surface area is 153 Å². The number of nitrogens with two attached hydrogens (primary N) is 1. The lowest BCUT2D eigenvalue weighted by molar-refractivity contribution is -0.137. The van der Waals surface area contributed by atoms with E-state index in [4.69, 9.17) is 5.73 Å². The number of alkyl halides is 3. The van der Waals surface area contributed by atoms with Gasteiger partial charge in [-0.05, 0) is 41.5 Å². The van der Waals surface area contributed by atoms with Crippen LogP contribution in [0, 0.1) is 0 Å². The van der Waals surface area contributed by atoms with Gasteiger partial charge < -0.3 is 5.73 Å². The molecule has 136 valence electrons. The molecule has 0 fully saturated rings. The van der Waals surface area contributed by atoms with Crippen molar-refractivity contribution in [2.75, 3.05) is 0 Å². The predicted octanol–water partition coefficient (Wildman–Crippen LogP) is 4.54. The van der Waals surface area contributed by atoms with Crippen LogP contribution in [0.4, 0.5) is 13.2 Å². The lowest BCUT2D eigenvalue weighted by atomic mass is 9.99. The van der Waals surface area contributed by atoms with Crippen molar-refractivity contribution in [2.45, 2.75) is 12.7 Å². The molecule has 0 saturated heterocycles. The van der Waals surface area contributed by atoms with Crippen LogP contribution < -0.4 is 5.73 Å². The lowest BCUT2D eigenvalue weighted by Crippen LogP contribution is -2.04. The van der Waals surface area contributed by atoms with Crippen molar-refractivity contribution in [3.63, 3.8) is 0 Å². The molecule has 2 N–H and O–H groups in total. The van der Waals surface area contributed by atoms with Gasteiger partial charge in [-0.15, -0.1) is 0 Å². The quantitative estimate of drug-likeness (QED) is 0.578. The highest BCUT2D eigenvalue weighted by atomic mass is 19.4. The minimum absolute atomic E-state index is 0.371. The first kappa shape index (κ1) is 17.2. The molecule has 0 spiro atoms. The summed E-state index contributed by atoms with van der Waals surface area (Å²) in [6.45, 7) is 0.371. The molecule has 0 saturated carbocycles. The van der Waals surface area contributed by atoms with Gasteiger partial charge in [-0.1, -0.05) is 18.2 Å². The maximum atomic E-state index is 12.9. The van der Waals surface area contributed by atoms with Crippen LogP contribution >= 0.6 is 0 Å². The van der Waals surface area contributed by atoms with Gasteiger partial charge in [0, 0.05) is 36.3 Å².